The van der Waals surface area contributed by atoms with E-state index in [1.807, 2.05) is 6.07 Å². The Morgan fingerprint density at radius 1 is 1.60 bits per heavy atom. The third-order valence-electron chi connectivity index (χ3n) is 2.38. The molecular formula is C9H14Cl2N4. The second-order valence-electron chi connectivity index (χ2n) is 3.60. The number of aromatic nitrogens is 2. The summed E-state index contributed by atoms with van der Waals surface area (Å²) < 4.78 is 0. The molecule has 0 amide bonds. The molecule has 4 nitrogen and oxygen atoms in total. The summed E-state index contributed by atoms with van der Waals surface area (Å²) in [4.78, 5) is 10.3. The van der Waals surface area contributed by atoms with Gasteiger partial charge in [0.1, 0.15) is 0 Å². The van der Waals surface area contributed by atoms with Crippen molar-refractivity contribution in [2.75, 3.05) is 13.1 Å². The Kier molecular flexibility index (Phi) is 4.73. The molecule has 1 unspecified atom stereocenters. The maximum absolute atomic E-state index is 5.81. The third kappa shape index (κ3) is 3.57. The summed E-state index contributed by atoms with van der Waals surface area (Å²) in [5, 5.41) is 0.311. The molecule has 15 heavy (non-hydrogen) atoms. The first-order chi connectivity index (χ1) is 6.74. The SMILES string of the molecule is Cl.NC1CCN(Cc2ccnc(Cl)n2)C1. The third-order valence-corrected chi connectivity index (χ3v) is 2.56. The van der Waals surface area contributed by atoms with E-state index >= 15 is 0 Å². The van der Waals surface area contributed by atoms with Gasteiger partial charge in [-0.05, 0) is 24.1 Å². The first-order valence-electron chi connectivity index (χ1n) is 4.69. The number of nitrogens with zero attached hydrogens (tertiary/aromatic N) is 3. The molecule has 2 N–H and O–H groups in total. The van der Waals surface area contributed by atoms with Crippen LogP contribution >= 0.6 is 24.0 Å². The van der Waals surface area contributed by atoms with Gasteiger partial charge in [-0.1, -0.05) is 0 Å². The van der Waals surface area contributed by atoms with Crippen LogP contribution in [0, 0.1) is 0 Å². The van der Waals surface area contributed by atoms with E-state index in [2.05, 4.69) is 14.9 Å². The molecule has 1 atom stereocenters. The lowest BCUT2D eigenvalue weighted by molar-refractivity contribution is 0.322. The highest BCUT2D eigenvalue weighted by Gasteiger charge is 2.19. The van der Waals surface area contributed by atoms with E-state index < -0.39 is 0 Å². The molecule has 1 aliphatic rings. The minimum Gasteiger partial charge on any atom is -0.326 e. The Labute approximate surface area is 100 Å². The number of halogens is 2. The molecule has 0 aromatic carbocycles. The molecule has 1 aromatic heterocycles. The molecule has 0 bridgehead atoms. The van der Waals surface area contributed by atoms with Gasteiger partial charge >= 0.3 is 0 Å². The van der Waals surface area contributed by atoms with Crippen molar-refractivity contribution in [1.29, 1.82) is 0 Å². The van der Waals surface area contributed by atoms with E-state index in [0.29, 0.717) is 11.3 Å². The van der Waals surface area contributed by atoms with Crippen LogP contribution in [0.2, 0.25) is 5.28 Å². The fourth-order valence-corrected chi connectivity index (χ4v) is 1.86. The molecular weight excluding hydrogens is 235 g/mol. The summed E-state index contributed by atoms with van der Waals surface area (Å²) in [5.74, 6) is 0. The second-order valence-corrected chi connectivity index (χ2v) is 3.94. The molecule has 2 rings (SSSR count). The van der Waals surface area contributed by atoms with Crippen molar-refractivity contribution in [2.24, 2.45) is 5.73 Å². The van der Waals surface area contributed by atoms with Gasteiger partial charge in [0.15, 0.2) is 0 Å². The molecule has 1 saturated heterocycles. The minimum atomic E-state index is 0. The summed E-state index contributed by atoms with van der Waals surface area (Å²) in [6, 6.07) is 2.20. The minimum absolute atomic E-state index is 0. The van der Waals surface area contributed by atoms with Crippen molar-refractivity contribution >= 4 is 24.0 Å². The van der Waals surface area contributed by atoms with Crippen LogP contribution in [0.3, 0.4) is 0 Å². The number of hydrogen-bond acceptors (Lipinski definition) is 4. The fourth-order valence-electron chi connectivity index (χ4n) is 1.69. The van der Waals surface area contributed by atoms with Crippen LogP contribution in [0.25, 0.3) is 0 Å². The molecule has 0 spiro atoms. The van der Waals surface area contributed by atoms with Gasteiger partial charge in [0, 0.05) is 31.9 Å². The van der Waals surface area contributed by atoms with Gasteiger partial charge in [-0.2, -0.15) is 0 Å². The number of rotatable bonds is 2. The van der Waals surface area contributed by atoms with E-state index in [9.17, 15) is 0 Å². The van der Waals surface area contributed by atoms with Crippen LogP contribution in [0.15, 0.2) is 12.3 Å². The molecule has 0 radical (unpaired) electrons. The smallest absolute Gasteiger partial charge is 0.222 e. The number of hydrogen-bond donors (Lipinski definition) is 1. The average molecular weight is 249 g/mol. The van der Waals surface area contributed by atoms with Gasteiger partial charge in [0.25, 0.3) is 0 Å². The molecule has 0 saturated carbocycles. The van der Waals surface area contributed by atoms with Crippen molar-refractivity contribution in [3.8, 4) is 0 Å². The van der Waals surface area contributed by atoms with Crippen molar-refractivity contribution < 1.29 is 0 Å². The Morgan fingerprint density at radius 3 is 3.00 bits per heavy atom. The Hall–Kier alpha value is -0.420. The van der Waals surface area contributed by atoms with Gasteiger partial charge in [0.2, 0.25) is 5.28 Å². The zero-order chi connectivity index (χ0) is 9.97. The van der Waals surface area contributed by atoms with Crippen molar-refractivity contribution in [1.82, 2.24) is 14.9 Å². The maximum Gasteiger partial charge on any atom is 0.222 e. The molecule has 0 aliphatic carbocycles. The zero-order valence-electron chi connectivity index (χ0n) is 8.27. The lowest BCUT2D eigenvalue weighted by atomic mass is 10.3. The predicted molar refractivity (Wildman–Crippen MR) is 62.2 cm³/mol. The highest BCUT2D eigenvalue weighted by molar-refractivity contribution is 6.28. The average Bonchev–Trinajstić information content (AvgIpc) is 2.51. The second kappa shape index (κ2) is 5.61. The zero-order valence-corrected chi connectivity index (χ0v) is 9.84. The van der Waals surface area contributed by atoms with Crippen LogP contribution in [-0.4, -0.2) is 34.0 Å². The van der Waals surface area contributed by atoms with Crippen LogP contribution < -0.4 is 5.73 Å². The molecule has 1 aliphatic heterocycles. The standard InChI is InChI=1S/C9H13ClN4.ClH/c10-9-12-3-1-8(13-9)6-14-4-2-7(11)5-14;/h1,3,7H,2,4-6,11H2;1H. The van der Waals surface area contributed by atoms with Crippen LogP contribution in [0.1, 0.15) is 12.1 Å². The van der Waals surface area contributed by atoms with Crippen molar-refractivity contribution in [3.05, 3.63) is 23.2 Å². The summed E-state index contributed by atoms with van der Waals surface area (Å²) >= 11 is 5.69. The van der Waals surface area contributed by atoms with E-state index in [0.717, 1.165) is 31.7 Å². The number of nitrogens with two attached hydrogens (primary N) is 1. The largest absolute Gasteiger partial charge is 0.326 e. The number of likely N-dealkylation sites (tertiary alicyclic amines) is 1. The summed E-state index contributed by atoms with van der Waals surface area (Å²) in [6.45, 7) is 2.81. The lowest BCUT2D eigenvalue weighted by Gasteiger charge is -2.13. The van der Waals surface area contributed by atoms with E-state index in [1.165, 1.54) is 0 Å². The Bertz CT molecular complexity index is 321. The van der Waals surface area contributed by atoms with Crippen LogP contribution in [0.4, 0.5) is 0 Å². The topological polar surface area (TPSA) is 55.0 Å². The molecule has 1 aromatic rings. The first kappa shape index (κ1) is 12.6. The van der Waals surface area contributed by atoms with Gasteiger partial charge in [-0.15, -0.1) is 12.4 Å². The Morgan fingerprint density at radius 2 is 2.40 bits per heavy atom. The maximum atomic E-state index is 5.81. The molecule has 2 heterocycles. The predicted octanol–water partition coefficient (Wildman–Crippen LogP) is 1.08. The van der Waals surface area contributed by atoms with Gasteiger partial charge in [0.05, 0.1) is 5.69 Å². The van der Waals surface area contributed by atoms with E-state index in [1.54, 1.807) is 6.20 Å². The summed E-state index contributed by atoms with van der Waals surface area (Å²) in [6.07, 6.45) is 2.75. The summed E-state index contributed by atoms with van der Waals surface area (Å²) in [5.41, 5.74) is 6.77. The fraction of sp³-hybridized carbons (Fsp3) is 0.556. The lowest BCUT2D eigenvalue weighted by Crippen LogP contribution is -2.26. The monoisotopic (exact) mass is 248 g/mol. The van der Waals surface area contributed by atoms with Gasteiger partial charge in [-0.25, -0.2) is 9.97 Å². The highest BCUT2D eigenvalue weighted by atomic mass is 35.5. The van der Waals surface area contributed by atoms with Crippen molar-refractivity contribution in [3.63, 3.8) is 0 Å². The van der Waals surface area contributed by atoms with Gasteiger partial charge < -0.3 is 5.73 Å². The van der Waals surface area contributed by atoms with Gasteiger partial charge in [-0.3, -0.25) is 4.90 Å². The van der Waals surface area contributed by atoms with E-state index in [4.69, 9.17) is 17.3 Å². The van der Waals surface area contributed by atoms with Crippen LogP contribution in [-0.2, 0) is 6.54 Å². The molecule has 6 heteroatoms. The van der Waals surface area contributed by atoms with E-state index in [-0.39, 0.29) is 12.4 Å². The van der Waals surface area contributed by atoms with Crippen molar-refractivity contribution in [2.45, 2.75) is 19.0 Å². The summed E-state index contributed by atoms with van der Waals surface area (Å²) in [7, 11) is 0. The Balaban J connectivity index is 0.00000112. The first-order valence-corrected chi connectivity index (χ1v) is 5.07. The quantitative estimate of drug-likeness (QED) is 0.797. The molecule has 1 fully saturated rings. The normalized spacial score (nSPS) is 21.3. The van der Waals surface area contributed by atoms with Crippen LogP contribution in [0.5, 0.6) is 0 Å². The molecule has 84 valence electrons. The highest BCUT2D eigenvalue weighted by Crippen LogP contribution is 2.11.